The molecule has 1 aliphatic rings. The van der Waals surface area contributed by atoms with Gasteiger partial charge in [-0.25, -0.2) is 0 Å². The van der Waals surface area contributed by atoms with E-state index in [4.69, 9.17) is 4.42 Å². The van der Waals surface area contributed by atoms with Crippen LogP contribution in [0.25, 0.3) is 0 Å². The number of rotatable bonds is 2. The van der Waals surface area contributed by atoms with Crippen LogP contribution in [0.3, 0.4) is 0 Å². The molecule has 1 fully saturated rings. The minimum absolute atomic E-state index is 0.0168. The van der Waals surface area contributed by atoms with Crippen LogP contribution in [0.15, 0.2) is 27.8 Å². The zero-order valence-electron chi connectivity index (χ0n) is 6.82. The number of nitrogens with zero attached hydrogens (tertiary/aromatic N) is 1. The van der Waals surface area contributed by atoms with Crippen molar-refractivity contribution in [3.8, 4) is 0 Å². The summed E-state index contributed by atoms with van der Waals surface area (Å²) in [6, 6.07) is 3.67. The number of hydrogen-bond acceptors (Lipinski definition) is 4. The monoisotopic (exact) mass is 196 g/mol. The number of nitrogens with one attached hydrogen (secondary N) is 1. The molecule has 0 saturated carbocycles. The second-order valence-electron chi connectivity index (χ2n) is 2.54. The molecule has 1 N–H and O–H groups in total. The molecule has 1 aliphatic heterocycles. The van der Waals surface area contributed by atoms with E-state index < -0.39 is 0 Å². The first kappa shape index (κ1) is 8.37. The van der Waals surface area contributed by atoms with E-state index in [0.29, 0.717) is 17.5 Å². The summed E-state index contributed by atoms with van der Waals surface area (Å²) in [6.45, 7) is 0.482. The molecule has 0 bridgehead atoms. The Hall–Kier alpha value is -1.23. The molecule has 0 aromatic carbocycles. The maximum atomic E-state index is 10.8. The number of carbonyl (C=O) groups is 1. The van der Waals surface area contributed by atoms with Crippen LogP contribution in [0.4, 0.5) is 0 Å². The van der Waals surface area contributed by atoms with Gasteiger partial charge in [0.15, 0.2) is 5.17 Å². The van der Waals surface area contributed by atoms with Crippen molar-refractivity contribution in [3.63, 3.8) is 0 Å². The van der Waals surface area contributed by atoms with Crippen LogP contribution < -0.4 is 5.32 Å². The summed E-state index contributed by atoms with van der Waals surface area (Å²) in [4.78, 5) is 14.9. The molecule has 0 radical (unpaired) electrons. The number of carbonyl (C=O) groups excluding carboxylic acids is 1. The lowest BCUT2D eigenvalue weighted by Crippen LogP contribution is -2.20. The lowest BCUT2D eigenvalue weighted by atomic mass is 10.5. The molecule has 1 amide bonds. The number of thioether (sulfide) groups is 1. The average Bonchev–Trinajstić information content (AvgIpc) is 2.71. The molecule has 1 aromatic heterocycles. The van der Waals surface area contributed by atoms with Gasteiger partial charge in [0.05, 0.1) is 18.6 Å². The maximum absolute atomic E-state index is 10.8. The van der Waals surface area contributed by atoms with Crippen LogP contribution >= 0.6 is 11.8 Å². The Kier molecular flexibility index (Phi) is 2.35. The molecular weight excluding hydrogens is 188 g/mol. The highest BCUT2D eigenvalue weighted by Gasteiger charge is 2.15. The smallest absolute Gasteiger partial charge is 0.236 e. The van der Waals surface area contributed by atoms with Gasteiger partial charge in [-0.3, -0.25) is 9.79 Å². The van der Waals surface area contributed by atoms with E-state index in [9.17, 15) is 4.79 Å². The quantitative estimate of drug-likeness (QED) is 0.767. The zero-order chi connectivity index (χ0) is 9.10. The lowest BCUT2D eigenvalue weighted by molar-refractivity contribution is -0.116. The molecule has 0 atom stereocenters. The predicted octanol–water partition coefficient (Wildman–Crippen LogP) is 0.999. The molecule has 2 heterocycles. The van der Waals surface area contributed by atoms with Crippen molar-refractivity contribution in [2.45, 2.75) is 6.54 Å². The third-order valence-corrected chi connectivity index (χ3v) is 2.46. The summed E-state index contributed by atoms with van der Waals surface area (Å²) in [5.74, 6) is 1.29. The fourth-order valence-electron chi connectivity index (χ4n) is 0.963. The topological polar surface area (TPSA) is 54.6 Å². The standard InChI is InChI=1S/C8H8N2O2S/c11-7-5-13-8(10-7)9-4-6-2-1-3-12-6/h1-3H,4-5H2,(H,9,10,11). The van der Waals surface area contributed by atoms with Gasteiger partial charge in [0.1, 0.15) is 5.76 Å². The summed E-state index contributed by atoms with van der Waals surface area (Å²) in [6.07, 6.45) is 1.61. The third-order valence-electron chi connectivity index (χ3n) is 1.54. The van der Waals surface area contributed by atoms with Gasteiger partial charge in [-0.05, 0) is 12.1 Å². The van der Waals surface area contributed by atoms with Crippen molar-refractivity contribution in [1.82, 2.24) is 5.32 Å². The Morgan fingerprint density at radius 3 is 3.23 bits per heavy atom. The average molecular weight is 196 g/mol. The second kappa shape index (κ2) is 3.66. The highest BCUT2D eigenvalue weighted by atomic mass is 32.2. The minimum Gasteiger partial charge on any atom is -0.467 e. The van der Waals surface area contributed by atoms with E-state index in [1.54, 1.807) is 6.26 Å². The van der Waals surface area contributed by atoms with Gasteiger partial charge in [0, 0.05) is 0 Å². The first-order chi connectivity index (χ1) is 6.34. The first-order valence-electron chi connectivity index (χ1n) is 3.84. The van der Waals surface area contributed by atoms with Crippen LogP contribution in [-0.4, -0.2) is 16.8 Å². The highest BCUT2D eigenvalue weighted by Crippen LogP contribution is 2.10. The molecule has 0 unspecified atom stereocenters. The number of amidine groups is 1. The molecule has 4 nitrogen and oxygen atoms in total. The molecule has 5 heteroatoms. The van der Waals surface area contributed by atoms with E-state index in [1.165, 1.54) is 11.8 Å². The lowest BCUT2D eigenvalue weighted by Gasteiger charge is -1.93. The van der Waals surface area contributed by atoms with Gasteiger partial charge in [0.25, 0.3) is 0 Å². The Morgan fingerprint density at radius 2 is 2.62 bits per heavy atom. The molecule has 0 spiro atoms. The Labute approximate surface area is 79.4 Å². The van der Waals surface area contributed by atoms with Crippen molar-refractivity contribution in [2.75, 3.05) is 5.75 Å². The molecule has 1 aromatic rings. The fourth-order valence-corrected chi connectivity index (χ4v) is 1.64. The van der Waals surface area contributed by atoms with E-state index in [2.05, 4.69) is 10.3 Å². The van der Waals surface area contributed by atoms with Gasteiger partial charge >= 0.3 is 0 Å². The first-order valence-corrected chi connectivity index (χ1v) is 4.82. The number of furan rings is 1. The molecule has 13 heavy (non-hydrogen) atoms. The van der Waals surface area contributed by atoms with Crippen molar-refractivity contribution < 1.29 is 9.21 Å². The number of amides is 1. The summed E-state index contributed by atoms with van der Waals surface area (Å²) >= 11 is 1.42. The maximum Gasteiger partial charge on any atom is 0.236 e. The van der Waals surface area contributed by atoms with Gasteiger partial charge in [-0.2, -0.15) is 0 Å². The van der Waals surface area contributed by atoms with Crippen molar-refractivity contribution in [2.24, 2.45) is 4.99 Å². The van der Waals surface area contributed by atoms with E-state index in [0.717, 1.165) is 5.76 Å². The number of hydrogen-bond donors (Lipinski definition) is 1. The predicted molar refractivity (Wildman–Crippen MR) is 50.4 cm³/mol. The normalized spacial score (nSPS) is 19.4. The molecule has 68 valence electrons. The fraction of sp³-hybridized carbons (Fsp3) is 0.250. The third kappa shape index (κ3) is 2.12. The van der Waals surface area contributed by atoms with Gasteiger partial charge in [-0.1, -0.05) is 11.8 Å². The second-order valence-corrected chi connectivity index (χ2v) is 3.50. The minimum atomic E-state index is 0.0168. The Bertz CT molecular complexity index is 332. The van der Waals surface area contributed by atoms with Crippen LogP contribution in [0, 0.1) is 0 Å². The van der Waals surface area contributed by atoms with Crippen molar-refractivity contribution in [3.05, 3.63) is 24.2 Å². The Balaban J connectivity index is 1.94. The summed E-state index contributed by atoms with van der Waals surface area (Å²) in [7, 11) is 0. The summed E-state index contributed by atoms with van der Waals surface area (Å²) < 4.78 is 5.09. The zero-order valence-corrected chi connectivity index (χ0v) is 7.63. The van der Waals surface area contributed by atoms with Gasteiger partial charge in [0.2, 0.25) is 5.91 Å². The Morgan fingerprint density at radius 1 is 1.69 bits per heavy atom. The van der Waals surface area contributed by atoms with Crippen LogP contribution in [0.1, 0.15) is 5.76 Å². The van der Waals surface area contributed by atoms with Crippen LogP contribution in [0.5, 0.6) is 0 Å². The van der Waals surface area contributed by atoms with Gasteiger partial charge in [-0.15, -0.1) is 0 Å². The largest absolute Gasteiger partial charge is 0.467 e. The molecular formula is C8H8N2O2S. The molecule has 2 rings (SSSR count). The highest BCUT2D eigenvalue weighted by molar-refractivity contribution is 8.15. The van der Waals surface area contributed by atoms with E-state index in [-0.39, 0.29) is 5.91 Å². The van der Waals surface area contributed by atoms with E-state index >= 15 is 0 Å². The van der Waals surface area contributed by atoms with Crippen molar-refractivity contribution in [1.29, 1.82) is 0 Å². The van der Waals surface area contributed by atoms with Crippen LogP contribution in [0.2, 0.25) is 0 Å². The SMILES string of the molecule is O=C1CSC(=NCc2ccco2)N1. The number of aliphatic imine (C=N–C) groups is 1. The van der Waals surface area contributed by atoms with Crippen LogP contribution in [-0.2, 0) is 11.3 Å². The summed E-state index contributed by atoms with van der Waals surface area (Å²) in [5.41, 5.74) is 0. The summed E-state index contributed by atoms with van der Waals surface area (Å²) in [5, 5.41) is 3.33. The van der Waals surface area contributed by atoms with Crippen molar-refractivity contribution >= 4 is 22.8 Å². The van der Waals surface area contributed by atoms with E-state index in [1.807, 2.05) is 12.1 Å². The van der Waals surface area contributed by atoms with Gasteiger partial charge < -0.3 is 9.73 Å². The molecule has 1 saturated heterocycles. The molecule has 0 aliphatic carbocycles.